The molecule has 1 atom stereocenters. The van der Waals surface area contributed by atoms with Crippen LogP contribution in [0.3, 0.4) is 0 Å². The predicted molar refractivity (Wildman–Crippen MR) is 69.4 cm³/mol. The molecule has 17 heavy (non-hydrogen) atoms. The Labute approximate surface area is 103 Å². The quantitative estimate of drug-likeness (QED) is 0.590. The summed E-state index contributed by atoms with van der Waals surface area (Å²) in [6.07, 6.45) is 1.89. The maximum Gasteiger partial charge on any atom is 0.139 e. The molecule has 2 heterocycles. The summed E-state index contributed by atoms with van der Waals surface area (Å²) in [6, 6.07) is 4.61. The zero-order chi connectivity index (χ0) is 12.3. The lowest BCUT2D eigenvalue weighted by Crippen LogP contribution is -2.49. The van der Waals surface area contributed by atoms with Crippen molar-refractivity contribution in [2.45, 2.75) is 19.5 Å². The number of nitrogen functional groups attached to an aromatic ring is 1. The molecule has 0 amide bonds. The van der Waals surface area contributed by atoms with E-state index in [1.54, 1.807) is 0 Å². The first-order valence-corrected chi connectivity index (χ1v) is 6.03. The summed E-state index contributed by atoms with van der Waals surface area (Å²) < 4.78 is 0. The molecule has 0 saturated carbocycles. The lowest BCUT2D eigenvalue weighted by Gasteiger charge is -2.37. The molecule has 0 aromatic carbocycles. The van der Waals surface area contributed by atoms with Crippen molar-refractivity contribution in [2.75, 3.05) is 32.1 Å². The summed E-state index contributed by atoms with van der Waals surface area (Å²) in [5.41, 5.74) is 3.78. The van der Waals surface area contributed by atoms with Crippen LogP contribution in [0.5, 0.6) is 0 Å². The Morgan fingerprint density at radius 2 is 2.29 bits per heavy atom. The molecule has 5 heteroatoms. The molecular weight excluding hydrogens is 214 g/mol. The molecule has 1 aliphatic rings. The van der Waals surface area contributed by atoms with E-state index in [-0.39, 0.29) is 0 Å². The lowest BCUT2D eigenvalue weighted by molar-refractivity contribution is 0.0999. The number of hydrogen-bond donors (Lipinski definition) is 2. The molecular formula is C12H21N5. The fraction of sp³-hybridized carbons (Fsp3) is 0.583. The normalized spacial score (nSPS) is 22.6. The van der Waals surface area contributed by atoms with E-state index in [9.17, 15) is 0 Å². The van der Waals surface area contributed by atoms with Crippen LogP contribution in [0, 0.1) is 0 Å². The summed E-state index contributed by atoms with van der Waals surface area (Å²) >= 11 is 0. The van der Waals surface area contributed by atoms with Crippen LogP contribution in [0.4, 0.5) is 5.82 Å². The van der Waals surface area contributed by atoms with Gasteiger partial charge in [-0.05, 0) is 25.6 Å². The number of nitrogens with zero attached hydrogens (tertiary/aromatic N) is 3. The van der Waals surface area contributed by atoms with Crippen molar-refractivity contribution in [1.82, 2.24) is 14.8 Å². The average Bonchev–Trinajstić information content (AvgIpc) is 2.35. The average molecular weight is 235 g/mol. The molecule has 0 spiro atoms. The number of hydrazine groups is 1. The van der Waals surface area contributed by atoms with E-state index in [4.69, 9.17) is 5.84 Å². The van der Waals surface area contributed by atoms with Crippen LogP contribution in [0.25, 0.3) is 0 Å². The van der Waals surface area contributed by atoms with E-state index in [0.29, 0.717) is 11.9 Å². The Hall–Kier alpha value is -1.17. The highest BCUT2D eigenvalue weighted by atomic mass is 15.3. The van der Waals surface area contributed by atoms with Crippen LogP contribution in [0.15, 0.2) is 18.3 Å². The Kier molecular flexibility index (Phi) is 3.93. The highest BCUT2D eigenvalue weighted by molar-refractivity contribution is 5.33. The largest absolute Gasteiger partial charge is 0.308 e. The van der Waals surface area contributed by atoms with Crippen LogP contribution < -0.4 is 11.3 Å². The molecule has 1 saturated heterocycles. The van der Waals surface area contributed by atoms with Gasteiger partial charge < -0.3 is 10.3 Å². The highest BCUT2D eigenvalue weighted by Gasteiger charge is 2.20. The van der Waals surface area contributed by atoms with Gasteiger partial charge in [-0.1, -0.05) is 6.07 Å². The second-order valence-electron chi connectivity index (χ2n) is 4.76. The van der Waals surface area contributed by atoms with Gasteiger partial charge in [-0.3, -0.25) is 4.90 Å². The summed E-state index contributed by atoms with van der Waals surface area (Å²) in [5, 5.41) is 0. The van der Waals surface area contributed by atoms with Crippen LogP contribution >= 0.6 is 0 Å². The number of piperazine rings is 1. The SMILES string of the molecule is CC1CN(Cc2ccc(NN)nc2)CCN1C. The molecule has 1 aromatic rings. The first-order chi connectivity index (χ1) is 8.19. The van der Waals surface area contributed by atoms with Crippen molar-refractivity contribution in [3.05, 3.63) is 23.9 Å². The third-order valence-corrected chi connectivity index (χ3v) is 3.42. The number of hydrogen-bond acceptors (Lipinski definition) is 5. The highest BCUT2D eigenvalue weighted by Crippen LogP contribution is 2.12. The van der Waals surface area contributed by atoms with Gasteiger partial charge >= 0.3 is 0 Å². The topological polar surface area (TPSA) is 57.4 Å². The van der Waals surface area contributed by atoms with Gasteiger partial charge in [0, 0.05) is 38.4 Å². The Morgan fingerprint density at radius 3 is 2.88 bits per heavy atom. The monoisotopic (exact) mass is 235 g/mol. The van der Waals surface area contributed by atoms with Gasteiger partial charge in [0.25, 0.3) is 0 Å². The second-order valence-corrected chi connectivity index (χ2v) is 4.76. The predicted octanol–water partition coefficient (Wildman–Crippen LogP) is 0.503. The van der Waals surface area contributed by atoms with Gasteiger partial charge in [-0.2, -0.15) is 0 Å². The van der Waals surface area contributed by atoms with E-state index in [1.807, 2.05) is 12.3 Å². The molecule has 0 radical (unpaired) electrons. The first kappa shape index (κ1) is 12.3. The fourth-order valence-electron chi connectivity index (χ4n) is 2.13. The van der Waals surface area contributed by atoms with Crippen molar-refractivity contribution in [1.29, 1.82) is 0 Å². The molecule has 0 bridgehead atoms. The van der Waals surface area contributed by atoms with Gasteiger partial charge in [0.2, 0.25) is 0 Å². The fourth-order valence-corrected chi connectivity index (χ4v) is 2.13. The first-order valence-electron chi connectivity index (χ1n) is 6.03. The Bertz CT molecular complexity index is 350. The molecule has 94 valence electrons. The van der Waals surface area contributed by atoms with Crippen molar-refractivity contribution < 1.29 is 0 Å². The zero-order valence-corrected chi connectivity index (χ0v) is 10.6. The van der Waals surface area contributed by atoms with Gasteiger partial charge in [0.1, 0.15) is 5.82 Å². The van der Waals surface area contributed by atoms with E-state index in [2.05, 4.69) is 40.2 Å². The number of aromatic nitrogens is 1. The minimum atomic E-state index is 0.627. The summed E-state index contributed by atoms with van der Waals surface area (Å²) in [4.78, 5) is 9.09. The van der Waals surface area contributed by atoms with Gasteiger partial charge in [0.15, 0.2) is 0 Å². The number of nitrogens with one attached hydrogen (secondary N) is 1. The number of rotatable bonds is 3. The molecule has 2 rings (SSSR count). The van der Waals surface area contributed by atoms with Crippen molar-refractivity contribution in [2.24, 2.45) is 5.84 Å². The maximum atomic E-state index is 5.29. The third kappa shape index (κ3) is 3.15. The summed E-state index contributed by atoms with van der Waals surface area (Å²) in [7, 11) is 2.19. The zero-order valence-electron chi connectivity index (χ0n) is 10.6. The van der Waals surface area contributed by atoms with E-state index < -0.39 is 0 Å². The molecule has 3 N–H and O–H groups in total. The Morgan fingerprint density at radius 1 is 1.47 bits per heavy atom. The number of anilines is 1. The van der Waals surface area contributed by atoms with Crippen molar-refractivity contribution in [3.8, 4) is 0 Å². The van der Waals surface area contributed by atoms with Crippen molar-refractivity contribution >= 4 is 5.82 Å². The van der Waals surface area contributed by atoms with Crippen molar-refractivity contribution in [3.63, 3.8) is 0 Å². The summed E-state index contributed by atoms with van der Waals surface area (Å²) in [6.45, 7) is 6.62. The van der Waals surface area contributed by atoms with Crippen LogP contribution in [0.1, 0.15) is 12.5 Å². The molecule has 5 nitrogen and oxygen atoms in total. The minimum absolute atomic E-state index is 0.627. The van der Waals surface area contributed by atoms with Gasteiger partial charge in [-0.15, -0.1) is 0 Å². The van der Waals surface area contributed by atoms with Crippen LogP contribution in [-0.2, 0) is 6.54 Å². The van der Waals surface area contributed by atoms with E-state index >= 15 is 0 Å². The van der Waals surface area contributed by atoms with Crippen LogP contribution in [0.2, 0.25) is 0 Å². The number of pyridine rings is 1. The second kappa shape index (κ2) is 5.44. The molecule has 0 aliphatic carbocycles. The molecule has 1 aliphatic heterocycles. The minimum Gasteiger partial charge on any atom is -0.308 e. The molecule has 1 aromatic heterocycles. The number of nitrogens with two attached hydrogens (primary N) is 1. The maximum absolute atomic E-state index is 5.29. The Balaban J connectivity index is 1.92. The van der Waals surface area contributed by atoms with E-state index in [0.717, 1.165) is 26.2 Å². The van der Waals surface area contributed by atoms with Gasteiger partial charge in [0.05, 0.1) is 0 Å². The summed E-state index contributed by atoms with van der Waals surface area (Å²) in [5.74, 6) is 6.00. The van der Waals surface area contributed by atoms with Gasteiger partial charge in [-0.25, -0.2) is 10.8 Å². The third-order valence-electron chi connectivity index (χ3n) is 3.42. The molecule has 1 fully saturated rings. The van der Waals surface area contributed by atoms with E-state index in [1.165, 1.54) is 5.56 Å². The standard InChI is InChI=1S/C12H21N5/c1-10-8-17(6-5-16(10)2)9-11-3-4-12(15-13)14-7-11/h3-4,7,10H,5-6,8-9,13H2,1-2H3,(H,14,15). The molecule has 1 unspecified atom stereocenters. The smallest absolute Gasteiger partial charge is 0.139 e. The number of likely N-dealkylation sites (N-methyl/N-ethyl adjacent to an activating group) is 1. The lowest BCUT2D eigenvalue weighted by atomic mass is 10.2. The van der Waals surface area contributed by atoms with Crippen LogP contribution in [-0.4, -0.2) is 47.5 Å².